The van der Waals surface area contributed by atoms with Crippen LogP contribution in [-0.2, 0) is 4.79 Å². The Bertz CT molecular complexity index is 1250. The molecule has 4 rings (SSSR count). The molecule has 2 heterocycles. The molecule has 3 N–H and O–H groups in total. The number of hydrogen-bond acceptors (Lipinski definition) is 7. The molecule has 2 amide bonds. The molecular formula is C27H29ClN6O3. The van der Waals surface area contributed by atoms with Crippen molar-refractivity contribution in [2.24, 2.45) is 0 Å². The summed E-state index contributed by atoms with van der Waals surface area (Å²) < 4.78 is 0. The summed E-state index contributed by atoms with van der Waals surface area (Å²) in [5, 5.41) is 19.5. The number of rotatable bonds is 5. The highest BCUT2D eigenvalue weighted by Crippen LogP contribution is 2.22. The van der Waals surface area contributed by atoms with E-state index in [1.165, 1.54) is 12.3 Å². The molecule has 0 atom stereocenters. The Kier molecular flexibility index (Phi) is 9.74. The fourth-order valence-electron chi connectivity index (χ4n) is 3.61. The molecule has 0 bridgehead atoms. The average molecular weight is 521 g/mol. The zero-order valence-electron chi connectivity index (χ0n) is 20.7. The van der Waals surface area contributed by atoms with Crippen molar-refractivity contribution in [3.05, 3.63) is 83.2 Å². The van der Waals surface area contributed by atoms with E-state index in [1.807, 2.05) is 30.3 Å². The molecule has 0 aliphatic carbocycles. The minimum Gasteiger partial charge on any atom is -0.503 e. The molecule has 1 aliphatic heterocycles. The number of carbonyl (C=O) groups excluding carboxylic acids is 2. The third kappa shape index (κ3) is 7.37. The Labute approximate surface area is 220 Å². The first-order valence-corrected chi connectivity index (χ1v) is 12.1. The van der Waals surface area contributed by atoms with Crippen molar-refractivity contribution in [2.45, 2.75) is 13.8 Å². The first-order valence-electron chi connectivity index (χ1n) is 11.7. The third-order valence-electron chi connectivity index (χ3n) is 5.53. The molecule has 2 aromatic carbocycles. The number of aliphatic hydroxyl groups excluding tert-OH is 1. The van der Waals surface area contributed by atoms with Crippen molar-refractivity contribution in [1.29, 1.82) is 5.41 Å². The molecule has 1 fully saturated rings. The second-order valence-corrected chi connectivity index (χ2v) is 8.46. The summed E-state index contributed by atoms with van der Waals surface area (Å²) in [5.74, 6) is -0.343. The van der Waals surface area contributed by atoms with Crippen LogP contribution in [0.3, 0.4) is 0 Å². The molecule has 0 saturated carbocycles. The van der Waals surface area contributed by atoms with Crippen LogP contribution in [0.15, 0.2) is 72.6 Å². The smallest absolute Gasteiger partial charge is 0.288 e. The Hall–Kier alpha value is -4.24. The Morgan fingerprint density at radius 1 is 0.973 bits per heavy atom. The molecule has 1 aromatic heterocycles. The summed E-state index contributed by atoms with van der Waals surface area (Å²) in [6.45, 7) is 4.85. The van der Waals surface area contributed by atoms with Gasteiger partial charge >= 0.3 is 0 Å². The lowest BCUT2D eigenvalue weighted by Crippen LogP contribution is -2.50. The highest BCUT2D eigenvalue weighted by atomic mass is 35.5. The van der Waals surface area contributed by atoms with Crippen LogP contribution in [0.2, 0.25) is 5.02 Å². The number of halogens is 1. The molecule has 0 unspecified atom stereocenters. The van der Waals surface area contributed by atoms with Crippen LogP contribution in [0.25, 0.3) is 11.3 Å². The molecule has 0 spiro atoms. The molecular weight excluding hydrogens is 492 g/mol. The fraction of sp³-hybridized carbons (Fsp3) is 0.222. The van der Waals surface area contributed by atoms with Gasteiger partial charge in [-0.25, -0.2) is 9.97 Å². The van der Waals surface area contributed by atoms with E-state index in [-0.39, 0.29) is 11.7 Å². The van der Waals surface area contributed by atoms with Gasteiger partial charge in [-0.1, -0.05) is 23.7 Å². The first-order chi connectivity index (χ1) is 17.9. The molecule has 1 saturated heterocycles. The number of aromatic nitrogens is 2. The van der Waals surface area contributed by atoms with Crippen molar-refractivity contribution in [2.75, 3.05) is 31.5 Å². The number of aliphatic hydroxyl groups is 1. The van der Waals surface area contributed by atoms with E-state index in [1.54, 1.807) is 54.1 Å². The van der Waals surface area contributed by atoms with E-state index in [4.69, 9.17) is 17.0 Å². The summed E-state index contributed by atoms with van der Waals surface area (Å²) >= 11 is 5.96. The maximum atomic E-state index is 12.9. The van der Waals surface area contributed by atoms with Crippen LogP contribution < -0.4 is 5.32 Å². The van der Waals surface area contributed by atoms with Gasteiger partial charge in [-0.3, -0.25) is 9.59 Å². The minimum atomic E-state index is -0.410. The van der Waals surface area contributed by atoms with Crippen LogP contribution in [0.1, 0.15) is 24.2 Å². The molecule has 37 heavy (non-hydrogen) atoms. The van der Waals surface area contributed by atoms with E-state index < -0.39 is 5.91 Å². The molecule has 3 aromatic rings. The Balaban J connectivity index is 0.00000121. The summed E-state index contributed by atoms with van der Waals surface area (Å²) in [4.78, 5) is 37.0. The maximum Gasteiger partial charge on any atom is 0.288 e. The van der Waals surface area contributed by atoms with Gasteiger partial charge in [0, 0.05) is 54.2 Å². The zero-order chi connectivity index (χ0) is 26.8. The van der Waals surface area contributed by atoms with Gasteiger partial charge in [-0.15, -0.1) is 0 Å². The number of allylic oxidation sites excluding steroid dienone is 1. The number of nitrogens with one attached hydrogen (secondary N) is 2. The highest BCUT2D eigenvalue weighted by molar-refractivity contribution is 6.30. The molecule has 10 heteroatoms. The average Bonchev–Trinajstić information content (AvgIpc) is 2.93. The number of nitrogens with zero attached hydrogens (tertiary/aromatic N) is 4. The lowest BCUT2D eigenvalue weighted by molar-refractivity contribution is -0.131. The number of benzene rings is 2. The van der Waals surface area contributed by atoms with Crippen LogP contribution in [0.5, 0.6) is 0 Å². The second kappa shape index (κ2) is 13.2. The highest BCUT2D eigenvalue weighted by Gasteiger charge is 2.26. The van der Waals surface area contributed by atoms with Crippen LogP contribution in [0.4, 0.5) is 11.6 Å². The zero-order valence-corrected chi connectivity index (χ0v) is 21.4. The number of piperazine rings is 1. The maximum absolute atomic E-state index is 12.9. The van der Waals surface area contributed by atoms with Gasteiger partial charge in [0.25, 0.3) is 11.8 Å². The Morgan fingerprint density at radius 3 is 2.16 bits per heavy atom. The van der Waals surface area contributed by atoms with Crippen molar-refractivity contribution in [1.82, 2.24) is 19.8 Å². The number of hydrogen-bond donors (Lipinski definition) is 3. The predicted molar refractivity (Wildman–Crippen MR) is 146 cm³/mol. The van der Waals surface area contributed by atoms with E-state index in [0.717, 1.165) is 16.9 Å². The van der Waals surface area contributed by atoms with Gasteiger partial charge in [0.15, 0.2) is 5.76 Å². The quantitative estimate of drug-likeness (QED) is 0.249. The van der Waals surface area contributed by atoms with Gasteiger partial charge in [-0.05, 0) is 68.6 Å². The summed E-state index contributed by atoms with van der Waals surface area (Å²) in [7, 11) is 0. The Morgan fingerprint density at radius 2 is 1.57 bits per heavy atom. The summed E-state index contributed by atoms with van der Waals surface area (Å²) in [6.07, 6.45) is 4.30. The molecule has 9 nitrogen and oxygen atoms in total. The number of amides is 2. The summed E-state index contributed by atoms with van der Waals surface area (Å²) in [6, 6.07) is 16.3. The van der Waals surface area contributed by atoms with Gasteiger partial charge < -0.3 is 25.6 Å². The van der Waals surface area contributed by atoms with E-state index >= 15 is 0 Å². The topological polar surface area (TPSA) is 123 Å². The molecule has 0 radical (unpaired) electrons. The standard InChI is InChI=1S/C25H24ClN5O3.C2H5N/c1-2-22(32)24(34)31-15-13-30(14-16-31)23(33)18-5-9-20(10-6-18)28-25-27-12-11-21(29-25)17-3-7-19(26)8-4-17;1-2-3/h2-12,32H,13-16H2,1H3,(H,27,28,29);2-3H,1H3/b22-2-;. The van der Waals surface area contributed by atoms with E-state index in [0.29, 0.717) is 42.7 Å². The normalized spacial score (nSPS) is 13.3. The largest absolute Gasteiger partial charge is 0.503 e. The van der Waals surface area contributed by atoms with E-state index in [9.17, 15) is 14.7 Å². The number of carbonyl (C=O) groups is 2. The summed E-state index contributed by atoms with van der Waals surface area (Å²) in [5.41, 5.74) is 3.00. The van der Waals surface area contributed by atoms with Crippen molar-refractivity contribution in [3.8, 4) is 11.3 Å². The SMILES string of the molecule is C/C=C(\O)C(=O)N1CCN(C(=O)c2ccc(Nc3nccc(-c4ccc(Cl)cc4)n3)cc2)CC1.CC=N. The van der Waals surface area contributed by atoms with Crippen LogP contribution >= 0.6 is 11.6 Å². The van der Waals surface area contributed by atoms with Crippen molar-refractivity contribution in [3.63, 3.8) is 0 Å². The third-order valence-corrected chi connectivity index (χ3v) is 5.78. The monoisotopic (exact) mass is 520 g/mol. The van der Waals surface area contributed by atoms with Crippen LogP contribution in [-0.4, -0.2) is 69.1 Å². The van der Waals surface area contributed by atoms with Crippen molar-refractivity contribution < 1.29 is 14.7 Å². The van der Waals surface area contributed by atoms with Gasteiger partial charge in [0.2, 0.25) is 5.95 Å². The van der Waals surface area contributed by atoms with Gasteiger partial charge in [0.1, 0.15) is 0 Å². The minimum absolute atomic E-state index is 0.102. The molecule has 192 valence electrons. The van der Waals surface area contributed by atoms with Crippen molar-refractivity contribution >= 4 is 41.3 Å². The van der Waals surface area contributed by atoms with Gasteiger partial charge in [0.05, 0.1) is 5.69 Å². The fourth-order valence-corrected chi connectivity index (χ4v) is 3.73. The predicted octanol–water partition coefficient (Wildman–Crippen LogP) is 4.94. The van der Waals surface area contributed by atoms with Gasteiger partial charge in [-0.2, -0.15) is 0 Å². The molecule has 1 aliphatic rings. The van der Waals surface area contributed by atoms with E-state index in [2.05, 4.69) is 15.3 Å². The van der Waals surface area contributed by atoms with Crippen LogP contribution in [0, 0.1) is 5.41 Å². The second-order valence-electron chi connectivity index (χ2n) is 8.02. The first kappa shape index (κ1) is 27.3. The lowest BCUT2D eigenvalue weighted by Gasteiger charge is -2.34. The lowest BCUT2D eigenvalue weighted by atomic mass is 10.1. The number of anilines is 2.